The molecule has 0 heterocycles. The summed E-state index contributed by atoms with van der Waals surface area (Å²) in [5.41, 5.74) is 0.249. The molecule has 2 aromatic rings. The van der Waals surface area contributed by atoms with Gasteiger partial charge in [-0.3, -0.25) is 0 Å². The Morgan fingerprint density at radius 1 is 1.06 bits per heavy atom. The Kier molecular flexibility index (Phi) is 4.17. The van der Waals surface area contributed by atoms with Gasteiger partial charge in [0, 0.05) is 14.8 Å². The normalized spacial score (nSPS) is 10.3. The summed E-state index contributed by atoms with van der Waals surface area (Å²) < 4.78 is 0. The lowest BCUT2D eigenvalue weighted by atomic mass is 10.2. The van der Waals surface area contributed by atoms with E-state index in [4.69, 9.17) is 28.3 Å². The Balaban J connectivity index is 2.40. The summed E-state index contributed by atoms with van der Waals surface area (Å²) >= 11 is 13.2. The lowest BCUT2D eigenvalue weighted by Crippen LogP contribution is -1.97. The molecule has 0 aromatic heterocycles. The van der Waals surface area contributed by atoms with Gasteiger partial charge in [-0.25, -0.2) is 4.79 Å². The molecule has 0 unspecified atom stereocenters. The molecule has 2 rings (SSSR count). The highest BCUT2D eigenvalue weighted by atomic mass is 35.5. The van der Waals surface area contributed by atoms with E-state index >= 15 is 0 Å². The molecule has 2 aromatic carbocycles. The average Bonchev–Trinajstić information content (AvgIpc) is 2.34. The van der Waals surface area contributed by atoms with Crippen LogP contribution in [0.5, 0.6) is 0 Å². The number of hydrogen-bond acceptors (Lipinski definition) is 2. The first-order valence-electron chi connectivity index (χ1n) is 5.03. The van der Waals surface area contributed by atoms with Crippen LogP contribution in [0.3, 0.4) is 0 Å². The van der Waals surface area contributed by atoms with Crippen molar-refractivity contribution in [3.63, 3.8) is 0 Å². The van der Waals surface area contributed by atoms with Gasteiger partial charge in [0.05, 0.1) is 10.6 Å². The number of hydrogen-bond donors (Lipinski definition) is 1. The van der Waals surface area contributed by atoms with Crippen LogP contribution in [0.15, 0.2) is 52.3 Å². The highest BCUT2D eigenvalue weighted by Gasteiger charge is 2.12. The summed E-state index contributed by atoms with van der Waals surface area (Å²) in [4.78, 5) is 12.5. The SMILES string of the molecule is O=C(O)c1ccccc1Sc1cc(Cl)ccc1Cl. The van der Waals surface area contributed by atoms with Crippen LogP contribution in [-0.2, 0) is 0 Å². The standard InChI is InChI=1S/C13H8Cl2O2S/c14-8-5-6-10(15)12(7-8)18-11-4-2-1-3-9(11)13(16)17/h1-7H,(H,16,17). The maximum atomic E-state index is 11.1. The smallest absolute Gasteiger partial charge is 0.336 e. The number of carboxylic acids is 1. The van der Waals surface area contributed by atoms with Gasteiger partial charge in [0.15, 0.2) is 0 Å². The predicted molar refractivity (Wildman–Crippen MR) is 74.0 cm³/mol. The molecule has 0 saturated carbocycles. The second-order valence-corrected chi connectivity index (χ2v) is 5.41. The number of rotatable bonds is 3. The highest BCUT2D eigenvalue weighted by Crippen LogP contribution is 2.36. The number of benzene rings is 2. The average molecular weight is 299 g/mol. The quantitative estimate of drug-likeness (QED) is 0.881. The first kappa shape index (κ1) is 13.3. The summed E-state index contributed by atoms with van der Waals surface area (Å²) in [7, 11) is 0. The van der Waals surface area contributed by atoms with Crippen molar-refractivity contribution in [2.24, 2.45) is 0 Å². The van der Waals surface area contributed by atoms with Crippen molar-refractivity contribution in [1.29, 1.82) is 0 Å². The minimum atomic E-state index is -0.962. The van der Waals surface area contributed by atoms with Crippen molar-refractivity contribution >= 4 is 40.9 Å². The molecule has 0 radical (unpaired) electrons. The molecule has 5 heteroatoms. The van der Waals surface area contributed by atoms with Crippen LogP contribution in [0, 0.1) is 0 Å². The zero-order valence-corrected chi connectivity index (χ0v) is 11.4. The van der Waals surface area contributed by atoms with E-state index in [2.05, 4.69) is 0 Å². The summed E-state index contributed by atoms with van der Waals surface area (Å²) in [5.74, 6) is -0.962. The Morgan fingerprint density at radius 2 is 1.78 bits per heavy atom. The van der Waals surface area contributed by atoms with E-state index in [1.54, 1.807) is 42.5 Å². The molecule has 0 aliphatic rings. The number of aromatic carboxylic acids is 1. The van der Waals surface area contributed by atoms with Crippen molar-refractivity contribution < 1.29 is 9.90 Å². The van der Waals surface area contributed by atoms with E-state index in [1.807, 2.05) is 0 Å². The fourth-order valence-corrected chi connectivity index (χ4v) is 2.88. The summed E-state index contributed by atoms with van der Waals surface area (Å²) in [5, 5.41) is 10.2. The fraction of sp³-hybridized carbons (Fsp3) is 0. The molecule has 0 amide bonds. The Morgan fingerprint density at radius 3 is 2.50 bits per heavy atom. The van der Waals surface area contributed by atoms with Crippen LogP contribution in [-0.4, -0.2) is 11.1 Å². The van der Waals surface area contributed by atoms with Crippen LogP contribution in [0.2, 0.25) is 10.0 Å². The Labute approximate surface area is 119 Å². The van der Waals surface area contributed by atoms with Gasteiger partial charge in [0.25, 0.3) is 0 Å². The van der Waals surface area contributed by atoms with Gasteiger partial charge < -0.3 is 5.11 Å². The van der Waals surface area contributed by atoms with Crippen LogP contribution >= 0.6 is 35.0 Å². The minimum absolute atomic E-state index is 0.249. The molecule has 0 aliphatic heterocycles. The lowest BCUT2D eigenvalue weighted by Gasteiger charge is -2.07. The lowest BCUT2D eigenvalue weighted by molar-refractivity contribution is 0.0693. The summed E-state index contributed by atoms with van der Waals surface area (Å²) in [6.45, 7) is 0. The Bertz CT molecular complexity index is 599. The Hall–Kier alpha value is -1.16. The predicted octanol–water partition coefficient (Wildman–Crippen LogP) is 4.84. The van der Waals surface area contributed by atoms with Gasteiger partial charge in [-0.05, 0) is 30.3 Å². The third-order valence-electron chi connectivity index (χ3n) is 2.23. The summed E-state index contributed by atoms with van der Waals surface area (Å²) in [6, 6.07) is 11.9. The molecule has 0 fully saturated rings. The molecule has 0 atom stereocenters. The van der Waals surface area contributed by atoms with Crippen molar-refractivity contribution in [3.05, 3.63) is 58.1 Å². The number of carboxylic acid groups (broad SMARTS) is 1. The van der Waals surface area contributed by atoms with Gasteiger partial charge >= 0.3 is 5.97 Å². The maximum Gasteiger partial charge on any atom is 0.336 e. The van der Waals surface area contributed by atoms with Gasteiger partial charge in [0.1, 0.15) is 0 Å². The van der Waals surface area contributed by atoms with E-state index < -0.39 is 5.97 Å². The second kappa shape index (κ2) is 5.65. The van der Waals surface area contributed by atoms with Gasteiger partial charge in [-0.1, -0.05) is 47.1 Å². The molecular formula is C13H8Cl2O2S. The van der Waals surface area contributed by atoms with Crippen LogP contribution < -0.4 is 0 Å². The highest BCUT2D eigenvalue weighted by molar-refractivity contribution is 7.99. The van der Waals surface area contributed by atoms with Gasteiger partial charge in [-0.2, -0.15) is 0 Å². The van der Waals surface area contributed by atoms with E-state index in [0.717, 1.165) is 4.90 Å². The van der Waals surface area contributed by atoms with Crippen molar-refractivity contribution in [3.8, 4) is 0 Å². The van der Waals surface area contributed by atoms with E-state index in [-0.39, 0.29) is 5.56 Å². The molecular weight excluding hydrogens is 291 g/mol. The molecule has 0 bridgehead atoms. The molecule has 0 saturated heterocycles. The summed E-state index contributed by atoms with van der Waals surface area (Å²) in [6.07, 6.45) is 0. The third kappa shape index (κ3) is 2.99. The molecule has 2 nitrogen and oxygen atoms in total. The van der Waals surface area contributed by atoms with Crippen LogP contribution in [0.4, 0.5) is 0 Å². The van der Waals surface area contributed by atoms with Crippen molar-refractivity contribution in [2.45, 2.75) is 9.79 Å². The van der Waals surface area contributed by atoms with Gasteiger partial charge in [-0.15, -0.1) is 0 Å². The van der Waals surface area contributed by atoms with Crippen LogP contribution in [0.25, 0.3) is 0 Å². The first-order valence-corrected chi connectivity index (χ1v) is 6.60. The first-order chi connectivity index (χ1) is 8.58. The molecule has 1 N–H and O–H groups in total. The second-order valence-electron chi connectivity index (χ2n) is 3.48. The molecule has 0 aliphatic carbocycles. The topological polar surface area (TPSA) is 37.3 Å². The van der Waals surface area contributed by atoms with Gasteiger partial charge in [0.2, 0.25) is 0 Å². The van der Waals surface area contributed by atoms with Crippen LogP contribution in [0.1, 0.15) is 10.4 Å². The van der Waals surface area contributed by atoms with Crippen molar-refractivity contribution in [2.75, 3.05) is 0 Å². The van der Waals surface area contributed by atoms with E-state index in [1.165, 1.54) is 11.8 Å². The zero-order chi connectivity index (χ0) is 13.1. The maximum absolute atomic E-state index is 11.1. The van der Waals surface area contributed by atoms with E-state index in [9.17, 15) is 4.79 Å². The molecule has 18 heavy (non-hydrogen) atoms. The molecule has 92 valence electrons. The third-order valence-corrected chi connectivity index (χ3v) is 4.04. The zero-order valence-electron chi connectivity index (χ0n) is 9.06. The molecule has 0 spiro atoms. The number of halogens is 2. The minimum Gasteiger partial charge on any atom is -0.478 e. The van der Waals surface area contributed by atoms with Crippen molar-refractivity contribution in [1.82, 2.24) is 0 Å². The monoisotopic (exact) mass is 298 g/mol. The largest absolute Gasteiger partial charge is 0.478 e. The van der Waals surface area contributed by atoms with E-state index in [0.29, 0.717) is 14.9 Å². The number of carbonyl (C=O) groups is 1. The fourth-order valence-electron chi connectivity index (χ4n) is 1.41.